The predicted molar refractivity (Wildman–Crippen MR) is 181 cm³/mol. The van der Waals surface area contributed by atoms with Crippen molar-refractivity contribution in [2.75, 3.05) is 46.4 Å². The van der Waals surface area contributed by atoms with Crippen molar-refractivity contribution in [1.29, 1.82) is 0 Å². The number of hydrogen-bond acceptors (Lipinski definition) is 5. The van der Waals surface area contributed by atoms with E-state index in [9.17, 15) is 9.59 Å². The molecule has 2 fully saturated rings. The van der Waals surface area contributed by atoms with E-state index >= 15 is 4.39 Å². The number of piperazine rings is 1. The first kappa shape index (κ1) is 33.6. The van der Waals surface area contributed by atoms with Crippen molar-refractivity contribution in [2.24, 2.45) is 11.8 Å². The molecule has 0 spiro atoms. The number of amides is 2. The molecule has 1 N–H and O–H groups in total. The summed E-state index contributed by atoms with van der Waals surface area (Å²) in [5, 5.41) is 3.03. The second-order valence-electron chi connectivity index (χ2n) is 13.6. The van der Waals surface area contributed by atoms with E-state index in [1.807, 2.05) is 50.2 Å². The summed E-state index contributed by atoms with van der Waals surface area (Å²) in [6.45, 7) is 12.4. The van der Waals surface area contributed by atoms with Gasteiger partial charge in [-0.25, -0.2) is 9.18 Å². The Balaban J connectivity index is 1.15. The van der Waals surface area contributed by atoms with E-state index in [0.29, 0.717) is 55.2 Å². The Hall–Kier alpha value is -3.75. The van der Waals surface area contributed by atoms with E-state index in [2.05, 4.69) is 47.3 Å². The number of carbonyl (C=O) groups is 2. The topological polar surface area (TPSA) is 65.1 Å². The second-order valence-corrected chi connectivity index (χ2v) is 13.6. The van der Waals surface area contributed by atoms with Gasteiger partial charge in [0.15, 0.2) is 0 Å². The summed E-state index contributed by atoms with van der Waals surface area (Å²) < 4.78 is 20.4. The summed E-state index contributed by atoms with van der Waals surface area (Å²) in [7, 11) is 2.17. The maximum Gasteiger partial charge on any atom is 0.409 e. The van der Waals surface area contributed by atoms with Crippen LogP contribution in [0.2, 0.25) is 0 Å². The maximum absolute atomic E-state index is 15.0. The number of ether oxygens (including phenoxy) is 1. The number of halogens is 1. The minimum atomic E-state index is -0.272. The third-order valence-corrected chi connectivity index (χ3v) is 9.30. The van der Waals surface area contributed by atoms with Crippen molar-refractivity contribution in [2.45, 2.75) is 59.2 Å². The van der Waals surface area contributed by atoms with E-state index in [1.54, 1.807) is 11.0 Å². The van der Waals surface area contributed by atoms with Gasteiger partial charge in [0.2, 0.25) is 0 Å². The number of likely N-dealkylation sites (tertiary alicyclic amines) is 1. The maximum atomic E-state index is 15.0. The van der Waals surface area contributed by atoms with Gasteiger partial charge in [0, 0.05) is 63.0 Å². The molecule has 8 heteroatoms. The molecule has 0 aliphatic carbocycles. The first-order chi connectivity index (χ1) is 22.1. The molecule has 2 amide bonds. The molecule has 3 aromatic rings. The monoisotopic (exact) mass is 628 g/mol. The fourth-order valence-electron chi connectivity index (χ4n) is 6.37. The highest BCUT2D eigenvalue weighted by Crippen LogP contribution is 2.27. The lowest BCUT2D eigenvalue weighted by Gasteiger charge is -2.37. The molecule has 246 valence electrons. The minimum Gasteiger partial charge on any atom is -0.449 e. The van der Waals surface area contributed by atoms with E-state index in [0.717, 1.165) is 62.1 Å². The Labute approximate surface area is 273 Å². The Bertz CT molecular complexity index is 1490. The van der Waals surface area contributed by atoms with Crippen LogP contribution in [0.1, 0.15) is 60.7 Å². The van der Waals surface area contributed by atoms with Gasteiger partial charge in [-0.1, -0.05) is 50.2 Å². The fourth-order valence-corrected chi connectivity index (χ4v) is 6.37. The van der Waals surface area contributed by atoms with Crippen molar-refractivity contribution < 1.29 is 18.7 Å². The van der Waals surface area contributed by atoms with Crippen molar-refractivity contribution in [3.8, 4) is 11.1 Å². The summed E-state index contributed by atoms with van der Waals surface area (Å²) in [5.74, 6) is 0.350. The van der Waals surface area contributed by atoms with E-state index < -0.39 is 0 Å². The van der Waals surface area contributed by atoms with Gasteiger partial charge in [-0.05, 0) is 97.7 Å². The van der Waals surface area contributed by atoms with Gasteiger partial charge in [-0.3, -0.25) is 9.69 Å². The molecule has 2 saturated heterocycles. The zero-order valence-electron chi connectivity index (χ0n) is 27.8. The Morgan fingerprint density at radius 1 is 0.935 bits per heavy atom. The molecule has 0 aromatic heterocycles. The predicted octanol–water partition coefficient (Wildman–Crippen LogP) is 6.61. The lowest BCUT2D eigenvalue weighted by atomic mass is 9.90. The van der Waals surface area contributed by atoms with Crippen LogP contribution in [-0.2, 0) is 24.2 Å². The number of nitrogens with one attached hydrogen (secondary N) is 1. The quantitative estimate of drug-likeness (QED) is 0.274. The van der Waals surface area contributed by atoms with E-state index in [1.165, 1.54) is 11.6 Å². The van der Waals surface area contributed by atoms with Crippen molar-refractivity contribution in [3.63, 3.8) is 0 Å². The van der Waals surface area contributed by atoms with Crippen LogP contribution in [0.3, 0.4) is 0 Å². The third-order valence-electron chi connectivity index (χ3n) is 9.30. The largest absolute Gasteiger partial charge is 0.449 e. The molecule has 0 saturated carbocycles. The Morgan fingerprint density at radius 3 is 2.46 bits per heavy atom. The summed E-state index contributed by atoms with van der Waals surface area (Å²) in [6.07, 6.45) is 2.48. The van der Waals surface area contributed by atoms with Gasteiger partial charge in [0.25, 0.3) is 5.91 Å². The number of rotatable bonds is 10. The normalized spacial score (nSPS) is 18.1. The van der Waals surface area contributed by atoms with Gasteiger partial charge >= 0.3 is 6.09 Å². The highest BCUT2D eigenvalue weighted by Gasteiger charge is 2.24. The molecule has 3 aromatic carbocycles. The average molecular weight is 629 g/mol. The smallest absolute Gasteiger partial charge is 0.409 e. The van der Waals surface area contributed by atoms with Crippen LogP contribution in [-0.4, -0.2) is 79.1 Å². The Kier molecular flexibility index (Phi) is 11.5. The van der Waals surface area contributed by atoms with E-state index in [4.69, 9.17) is 4.74 Å². The van der Waals surface area contributed by atoms with Gasteiger partial charge in [0.05, 0.1) is 6.61 Å². The minimum absolute atomic E-state index is 0.154. The van der Waals surface area contributed by atoms with Gasteiger partial charge in [-0.15, -0.1) is 0 Å². The lowest BCUT2D eigenvalue weighted by molar-refractivity contribution is 0.0790. The summed E-state index contributed by atoms with van der Waals surface area (Å²) >= 11 is 0. The molecule has 7 nitrogen and oxygen atoms in total. The number of piperidine rings is 1. The fraction of sp³-hybridized carbons (Fsp3) is 0.474. The van der Waals surface area contributed by atoms with Crippen LogP contribution < -0.4 is 5.32 Å². The van der Waals surface area contributed by atoms with Crippen LogP contribution >= 0.6 is 0 Å². The SMILES string of the molecule is CC(C)COC(=O)N1CCC(Cc2cccc(C(=O)NCc3ccc(F)c(-c4cccc(CN5CCN(C)[C@@H](C)C5)c4)c3)c2)CC1. The number of nitrogens with zero attached hydrogens (tertiary/aromatic N) is 3. The standard InChI is InChI=1S/C38H49FN4O3/c1-27(2)26-46-38(45)43-15-13-29(14-16-43)19-30-7-5-10-34(20-30)37(44)40-23-31-11-12-36(39)35(22-31)33-9-6-8-32(21-33)25-42-18-17-41(4)28(3)24-42/h5-12,20-22,27-29H,13-19,23-26H2,1-4H3,(H,40,44)/t28-/m0/s1. The molecule has 0 radical (unpaired) electrons. The molecule has 1 atom stereocenters. The molecule has 2 aliphatic rings. The first-order valence-electron chi connectivity index (χ1n) is 16.7. The lowest BCUT2D eigenvalue weighted by Crippen LogP contribution is -2.49. The summed E-state index contributed by atoms with van der Waals surface area (Å²) in [6, 6.07) is 21.5. The van der Waals surface area contributed by atoms with E-state index in [-0.39, 0.29) is 17.8 Å². The molecule has 0 unspecified atom stereocenters. The number of benzene rings is 3. The number of carbonyl (C=O) groups excluding carboxylic acids is 2. The van der Waals surface area contributed by atoms with Crippen molar-refractivity contribution >= 4 is 12.0 Å². The number of likely N-dealkylation sites (N-methyl/N-ethyl adjacent to an activating group) is 1. The highest BCUT2D eigenvalue weighted by molar-refractivity contribution is 5.94. The van der Waals surface area contributed by atoms with Crippen LogP contribution in [0.25, 0.3) is 11.1 Å². The Morgan fingerprint density at radius 2 is 1.70 bits per heavy atom. The molecule has 5 rings (SSSR count). The van der Waals surface area contributed by atoms with Crippen LogP contribution in [0.15, 0.2) is 66.7 Å². The second kappa shape index (κ2) is 15.7. The molecule has 0 bridgehead atoms. The average Bonchev–Trinajstić information content (AvgIpc) is 3.05. The van der Waals surface area contributed by atoms with Crippen LogP contribution in [0, 0.1) is 17.7 Å². The van der Waals surface area contributed by atoms with Crippen molar-refractivity contribution in [3.05, 3.63) is 94.8 Å². The van der Waals surface area contributed by atoms with Gasteiger partial charge < -0.3 is 19.9 Å². The third kappa shape index (κ3) is 9.17. The molecular formula is C38H49FN4O3. The van der Waals surface area contributed by atoms with Crippen LogP contribution in [0.4, 0.5) is 9.18 Å². The first-order valence-corrected chi connectivity index (χ1v) is 16.7. The van der Waals surface area contributed by atoms with Gasteiger partial charge in [0.1, 0.15) is 5.82 Å². The summed E-state index contributed by atoms with van der Waals surface area (Å²) in [5.41, 5.74) is 5.13. The molecule has 2 heterocycles. The molecular weight excluding hydrogens is 579 g/mol. The zero-order valence-corrected chi connectivity index (χ0v) is 27.8. The van der Waals surface area contributed by atoms with Crippen LogP contribution in [0.5, 0.6) is 0 Å². The number of hydrogen-bond donors (Lipinski definition) is 1. The van der Waals surface area contributed by atoms with Gasteiger partial charge in [-0.2, -0.15) is 0 Å². The molecule has 2 aliphatic heterocycles. The highest BCUT2D eigenvalue weighted by atomic mass is 19.1. The summed E-state index contributed by atoms with van der Waals surface area (Å²) in [4.78, 5) is 32.1. The molecule has 46 heavy (non-hydrogen) atoms. The zero-order chi connectivity index (χ0) is 32.6. The van der Waals surface area contributed by atoms with Crippen molar-refractivity contribution in [1.82, 2.24) is 20.0 Å².